The van der Waals surface area contributed by atoms with Crippen molar-refractivity contribution in [2.24, 2.45) is 5.10 Å². The average molecular weight is 535 g/mol. The Morgan fingerprint density at radius 1 is 1.09 bits per heavy atom. The molecular weight excluding hydrogens is 504 g/mol. The van der Waals surface area contributed by atoms with Crippen LogP contribution in [0.5, 0.6) is 5.75 Å². The molecule has 1 atom stereocenters. The van der Waals surface area contributed by atoms with Gasteiger partial charge >= 0.3 is 0 Å². The van der Waals surface area contributed by atoms with Gasteiger partial charge in [-0.3, -0.25) is 4.79 Å². The van der Waals surface area contributed by atoms with Crippen molar-refractivity contribution in [2.75, 3.05) is 0 Å². The number of nitrogens with zero attached hydrogens (tertiary/aromatic N) is 4. The summed E-state index contributed by atoms with van der Waals surface area (Å²) in [4.78, 5) is 18.2. The van der Waals surface area contributed by atoms with E-state index in [-0.39, 0.29) is 17.6 Å². The van der Waals surface area contributed by atoms with Crippen LogP contribution in [0.1, 0.15) is 62.8 Å². The maximum absolute atomic E-state index is 13.4. The lowest BCUT2D eigenvalue weighted by molar-refractivity contribution is 0.242. The van der Waals surface area contributed by atoms with Crippen molar-refractivity contribution < 1.29 is 4.74 Å². The molecule has 7 heteroatoms. The van der Waals surface area contributed by atoms with E-state index in [9.17, 15) is 4.79 Å². The summed E-state index contributed by atoms with van der Waals surface area (Å²) in [6.45, 7) is 12.3. The molecule has 182 valence electrons. The van der Waals surface area contributed by atoms with Gasteiger partial charge in [0.2, 0.25) is 0 Å². The van der Waals surface area contributed by atoms with E-state index in [0.717, 1.165) is 39.3 Å². The predicted octanol–water partition coefficient (Wildman–Crippen LogP) is 6.75. The largest absolute Gasteiger partial charge is 0.491 e. The smallest absolute Gasteiger partial charge is 0.282 e. The molecule has 0 spiro atoms. The highest BCUT2D eigenvalue weighted by Gasteiger charge is 2.16. The third-order valence-electron chi connectivity index (χ3n) is 6.14. The molecule has 2 aromatic carbocycles. The van der Waals surface area contributed by atoms with E-state index in [4.69, 9.17) is 9.72 Å². The van der Waals surface area contributed by atoms with Crippen LogP contribution in [0.2, 0.25) is 0 Å². The number of ether oxygens (including phenoxy) is 1. The summed E-state index contributed by atoms with van der Waals surface area (Å²) < 4.78 is 10.2. The lowest BCUT2D eigenvalue weighted by Gasteiger charge is -2.14. The number of fused-ring (bicyclic) bond motifs is 1. The number of hydrogen-bond donors (Lipinski definition) is 0. The van der Waals surface area contributed by atoms with Crippen LogP contribution in [0.3, 0.4) is 0 Å². The average Bonchev–Trinajstić information content (AvgIpc) is 3.11. The summed E-state index contributed by atoms with van der Waals surface area (Å²) in [5.74, 6) is 1.60. The van der Waals surface area contributed by atoms with Crippen LogP contribution in [-0.4, -0.2) is 26.5 Å². The molecule has 0 N–H and O–H groups in total. The molecule has 0 fully saturated rings. The number of rotatable bonds is 7. The van der Waals surface area contributed by atoms with Gasteiger partial charge in [-0.15, -0.1) is 0 Å². The minimum atomic E-state index is -0.169. The first-order valence-corrected chi connectivity index (χ1v) is 12.7. The van der Waals surface area contributed by atoms with Crippen LogP contribution in [0.25, 0.3) is 16.6 Å². The normalized spacial score (nSPS) is 12.7. The molecule has 0 aliphatic rings. The molecule has 0 amide bonds. The van der Waals surface area contributed by atoms with Gasteiger partial charge in [-0.25, -0.2) is 4.98 Å². The molecule has 0 unspecified atom stereocenters. The molecule has 0 saturated heterocycles. The second kappa shape index (κ2) is 10.2. The van der Waals surface area contributed by atoms with E-state index >= 15 is 0 Å². The number of benzene rings is 2. The molecular formula is C28H31BrN4O2. The first-order valence-electron chi connectivity index (χ1n) is 11.9. The summed E-state index contributed by atoms with van der Waals surface area (Å²) >= 11 is 3.46. The van der Waals surface area contributed by atoms with E-state index in [2.05, 4.69) is 71.5 Å². The highest BCUT2D eigenvalue weighted by atomic mass is 79.9. The lowest BCUT2D eigenvalue weighted by Crippen LogP contribution is -2.23. The van der Waals surface area contributed by atoms with Gasteiger partial charge in [0.15, 0.2) is 0 Å². The van der Waals surface area contributed by atoms with Gasteiger partial charge in [-0.05, 0) is 82.6 Å². The zero-order chi connectivity index (χ0) is 25.3. The van der Waals surface area contributed by atoms with Crippen LogP contribution in [0.15, 0.2) is 62.9 Å². The van der Waals surface area contributed by atoms with Crippen molar-refractivity contribution in [3.8, 4) is 11.4 Å². The fourth-order valence-corrected chi connectivity index (χ4v) is 4.52. The Morgan fingerprint density at radius 2 is 1.80 bits per heavy atom. The first-order chi connectivity index (χ1) is 16.7. The van der Waals surface area contributed by atoms with Crippen molar-refractivity contribution in [3.05, 3.63) is 86.1 Å². The highest BCUT2D eigenvalue weighted by Crippen LogP contribution is 2.24. The van der Waals surface area contributed by atoms with Gasteiger partial charge in [0, 0.05) is 33.0 Å². The molecule has 0 aliphatic carbocycles. The fraction of sp³-hybridized carbons (Fsp3) is 0.321. The molecule has 4 aromatic rings. The Labute approximate surface area is 214 Å². The van der Waals surface area contributed by atoms with Crippen LogP contribution >= 0.6 is 15.9 Å². The minimum absolute atomic E-state index is 0.0897. The zero-order valence-electron chi connectivity index (χ0n) is 21.0. The second-order valence-corrected chi connectivity index (χ2v) is 10.0. The van der Waals surface area contributed by atoms with Crippen molar-refractivity contribution in [1.82, 2.24) is 14.2 Å². The molecule has 0 bridgehead atoms. The molecule has 35 heavy (non-hydrogen) atoms. The third-order valence-corrected chi connectivity index (χ3v) is 6.63. The zero-order valence-corrected chi connectivity index (χ0v) is 22.6. The van der Waals surface area contributed by atoms with Gasteiger partial charge in [-0.1, -0.05) is 29.8 Å². The summed E-state index contributed by atoms with van der Waals surface area (Å²) in [5, 5.41) is 5.19. The van der Waals surface area contributed by atoms with Crippen LogP contribution in [0.4, 0.5) is 0 Å². The van der Waals surface area contributed by atoms with Gasteiger partial charge < -0.3 is 9.30 Å². The van der Waals surface area contributed by atoms with Crippen molar-refractivity contribution in [2.45, 2.75) is 60.0 Å². The number of hydrogen-bond acceptors (Lipinski definition) is 4. The Hall–Kier alpha value is -3.19. The van der Waals surface area contributed by atoms with Crippen LogP contribution in [-0.2, 0) is 0 Å². The SMILES string of the molecule is CC[C@H](C)c1nc2ccc(Br)cc2c(=O)n1N=Cc1cc(C)n(-c2ccc(OC(C)C)cc2)c1C. The standard InChI is InChI=1S/C28H31BrN4O2/c1-7-18(4)27-31-26-13-8-22(29)15-25(26)28(34)33(27)30-16-21-14-19(5)32(20(21)6)23-9-11-24(12-10-23)35-17(2)3/h8-18H,7H2,1-6H3/t18-/m0/s1. The molecule has 0 aliphatic heterocycles. The van der Waals surface area contributed by atoms with Gasteiger partial charge in [0.05, 0.1) is 23.2 Å². The molecule has 6 nitrogen and oxygen atoms in total. The molecule has 0 saturated carbocycles. The number of halogens is 1. The summed E-state index contributed by atoms with van der Waals surface area (Å²) in [5.41, 5.74) is 4.63. The van der Waals surface area contributed by atoms with E-state index in [0.29, 0.717) is 16.7 Å². The van der Waals surface area contributed by atoms with Crippen molar-refractivity contribution in [1.29, 1.82) is 0 Å². The Morgan fingerprint density at radius 3 is 2.46 bits per heavy atom. The van der Waals surface area contributed by atoms with Gasteiger partial charge in [0.25, 0.3) is 5.56 Å². The van der Waals surface area contributed by atoms with Crippen LogP contribution < -0.4 is 10.3 Å². The summed E-state index contributed by atoms with van der Waals surface area (Å²) in [6.07, 6.45) is 2.75. The maximum atomic E-state index is 13.4. The topological polar surface area (TPSA) is 61.4 Å². The van der Waals surface area contributed by atoms with Gasteiger partial charge in [0.1, 0.15) is 11.6 Å². The molecule has 4 rings (SSSR count). The van der Waals surface area contributed by atoms with Crippen LogP contribution in [0, 0.1) is 13.8 Å². The molecule has 0 radical (unpaired) electrons. The highest BCUT2D eigenvalue weighted by molar-refractivity contribution is 9.10. The number of aryl methyl sites for hydroxylation is 1. The Balaban J connectivity index is 1.76. The summed E-state index contributed by atoms with van der Waals surface area (Å²) in [7, 11) is 0. The Kier molecular flexibility index (Phi) is 7.26. The van der Waals surface area contributed by atoms with Gasteiger partial charge in [-0.2, -0.15) is 9.78 Å². The fourth-order valence-electron chi connectivity index (χ4n) is 4.16. The minimum Gasteiger partial charge on any atom is -0.491 e. The summed E-state index contributed by atoms with van der Waals surface area (Å²) in [6, 6.07) is 15.7. The third kappa shape index (κ3) is 5.10. The van der Waals surface area contributed by atoms with E-state index in [1.165, 1.54) is 4.68 Å². The molecule has 2 heterocycles. The predicted molar refractivity (Wildman–Crippen MR) is 146 cm³/mol. The van der Waals surface area contributed by atoms with E-state index in [1.807, 2.05) is 38.1 Å². The lowest BCUT2D eigenvalue weighted by atomic mass is 10.1. The Bertz CT molecular complexity index is 1450. The van der Waals surface area contributed by atoms with Crippen molar-refractivity contribution in [3.63, 3.8) is 0 Å². The second-order valence-electron chi connectivity index (χ2n) is 9.12. The van der Waals surface area contributed by atoms with E-state index < -0.39 is 0 Å². The van der Waals surface area contributed by atoms with E-state index in [1.54, 1.807) is 12.3 Å². The molecule has 2 aromatic heterocycles. The maximum Gasteiger partial charge on any atom is 0.282 e. The van der Waals surface area contributed by atoms with Crippen molar-refractivity contribution >= 4 is 33.0 Å². The quantitative estimate of drug-likeness (QED) is 0.246. The number of aromatic nitrogens is 3. The first kappa shape index (κ1) is 24.9. The monoisotopic (exact) mass is 534 g/mol.